The number of morpholine rings is 1. The zero-order chi connectivity index (χ0) is 20.9. The maximum atomic E-state index is 13.3. The Labute approximate surface area is 178 Å². The van der Waals surface area contributed by atoms with Crippen LogP contribution >= 0.6 is 0 Å². The summed E-state index contributed by atoms with van der Waals surface area (Å²) in [6, 6.07) is 17.1. The fraction of sp³-hybridized carbons (Fsp3) is 0.417. The van der Waals surface area contributed by atoms with Crippen molar-refractivity contribution in [1.82, 2.24) is 9.80 Å². The van der Waals surface area contributed by atoms with Crippen molar-refractivity contribution in [2.24, 2.45) is 0 Å². The molecule has 0 aliphatic carbocycles. The second-order valence-electron chi connectivity index (χ2n) is 7.95. The molecule has 0 aromatic heterocycles. The van der Waals surface area contributed by atoms with Gasteiger partial charge in [-0.05, 0) is 36.6 Å². The predicted octanol–water partition coefficient (Wildman–Crippen LogP) is 2.79. The Balaban J connectivity index is 1.47. The van der Waals surface area contributed by atoms with Crippen molar-refractivity contribution in [2.45, 2.75) is 25.4 Å². The number of anilines is 1. The summed E-state index contributed by atoms with van der Waals surface area (Å²) in [5.74, 6) is -0.0536. The maximum absolute atomic E-state index is 13.3. The van der Waals surface area contributed by atoms with Crippen molar-refractivity contribution < 1.29 is 14.3 Å². The molecule has 2 amide bonds. The highest BCUT2D eigenvalue weighted by molar-refractivity contribution is 5.97. The van der Waals surface area contributed by atoms with Gasteiger partial charge in [-0.15, -0.1) is 0 Å². The van der Waals surface area contributed by atoms with E-state index < -0.39 is 6.04 Å². The van der Waals surface area contributed by atoms with Gasteiger partial charge in [-0.1, -0.05) is 36.4 Å². The van der Waals surface area contributed by atoms with E-state index in [9.17, 15) is 9.59 Å². The van der Waals surface area contributed by atoms with Crippen LogP contribution in [0.2, 0.25) is 0 Å². The number of carbonyl (C=O) groups is 2. The lowest BCUT2D eigenvalue weighted by Crippen LogP contribution is -2.46. The Morgan fingerprint density at radius 1 is 1.00 bits per heavy atom. The van der Waals surface area contributed by atoms with Crippen molar-refractivity contribution in [2.75, 3.05) is 44.8 Å². The number of para-hydroxylation sites is 1. The quantitative estimate of drug-likeness (QED) is 0.765. The predicted molar refractivity (Wildman–Crippen MR) is 116 cm³/mol. The summed E-state index contributed by atoms with van der Waals surface area (Å²) in [6.07, 6.45) is 1.57. The van der Waals surface area contributed by atoms with Gasteiger partial charge in [0.2, 0.25) is 5.91 Å². The van der Waals surface area contributed by atoms with Crippen LogP contribution < -0.4 is 4.90 Å². The summed E-state index contributed by atoms with van der Waals surface area (Å²) in [6.45, 7) is 4.31. The van der Waals surface area contributed by atoms with Crippen LogP contribution in [-0.4, -0.2) is 67.6 Å². The second-order valence-corrected chi connectivity index (χ2v) is 7.95. The summed E-state index contributed by atoms with van der Waals surface area (Å²) >= 11 is 0. The number of amides is 2. The van der Waals surface area contributed by atoms with E-state index in [-0.39, 0.29) is 11.8 Å². The Hall–Kier alpha value is -2.86. The molecule has 4 rings (SSSR count). The standard InChI is InChI=1S/C24H29N3O3/c1-25(18-20-10-5-6-11-21(20)26-14-16-30-17-15-26)24(29)22-12-7-13-27(22)23(28)19-8-3-2-4-9-19/h2-6,8-11,22H,7,12-18H2,1H3. The lowest BCUT2D eigenvalue weighted by atomic mass is 10.1. The molecule has 2 aromatic rings. The van der Waals surface area contributed by atoms with E-state index in [0.29, 0.717) is 25.1 Å². The molecule has 0 radical (unpaired) electrons. The smallest absolute Gasteiger partial charge is 0.254 e. The first-order valence-corrected chi connectivity index (χ1v) is 10.7. The molecule has 2 saturated heterocycles. The van der Waals surface area contributed by atoms with E-state index in [1.807, 2.05) is 49.5 Å². The van der Waals surface area contributed by atoms with Crippen molar-refractivity contribution in [3.05, 3.63) is 65.7 Å². The average Bonchev–Trinajstić information content (AvgIpc) is 3.29. The van der Waals surface area contributed by atoms with Gasteiger partial charge in [0.05, 0.1) is 13.2 Å². The van der Waals surface area contributed by atoms with Crippen molar-refractivity contribution >= 4 is 17.5 Å². The maximum Gasteiger partial charge on any atom is 0.254 e. The van der Waals surface area contributed by atoms with E-state index in [1.165, 1.54) is 0 Å². The van der Waals surface area contributed by atoms with Crippen LogP contribution in [0.1, 0.15) is 28.8 Å². The summed E-state index contributed by atoms with van der Waals surface area (Å²) in [4.78, 5) is 32.0. The molecule has 30 heavy (non-hydrogen) atoms. The fourth-order valence-electron chi connectivity index (χ4n) is 4.36. The Kier molecular flexibility index (Phi) is 6.33. The highest BCUT2D eigenvalue weighted by atomic mass is 16.5. The summed E-state index contributed by atoms with van der Waals surface area (Å²) in [7, 11) is 1.84. The zero-order valence-electron chi connectivity index (χ0n) is 17.5. The Morgan fingerprint density at radius 3 is 2.47 bits per heavy atom. The molecule has 2 aliphatic heterocycles. The number of carbonyl (C=O) groups excluding carboxylic acids is 2. The average molecular weight is 408 g/mol. The van der Waals surface area contributed by atoms with Crippen LogP contribution in [0.4, 0.5) is 5.69 Å². The summed E-state index contributed by atoms with van der Waals surface area (Å²) in [5.41, 5.74) is 2.91. The number of likely N-dealkylation sites (tertiary alicyclic amines) is 1. The molecule has 0 saturated carbocycles. The zero-order valence-corrected chi connectivity index (χ0v) is 17.5. The van der Waals surface area contributed by atoms with Gasteiger partial charge in [0.25, 0.3) is 5.91 Å². The summed E-state index contributed by atoms with van der Waals surface area (Å²) < 4.78 is 5.47. The van der Waals surface area contributed by atoms with Crippen molar-refractivity contribution in [1.29, 1.82) is 0 Å². The number of benzene rings is 2. The van der Waals surface area contributed by atoms with E-state index in [4.69, 9.17) is 4.74 Å². The minimum absolute atomic E-state index is 0.00793. The van der Waals surface area contributed by atoms with Crippen molar-refractivity contribution in [3.8, 4) is 0 Å². The Morgan fingerprint density at radius 2 is 1.70 bits per heavy atom. The first-order chi connectivity index (χ1) is 14.6. The van der Waals surface area contributed by atoms with Crippen LogP contribution in [0, 0.1) is 0 Å². The van der Waals surface area contributed by atoms with Gasteiger partial charge in [0.1, 0.15) is 6.04 Å². The molecule has 2 fully saturated rings. The normalized spacial score (nSPS) is 19.0. The topological polar surface area (TPSA) is 53.1 Å². The molecule has 0 N–H and O–H groups in total. The van der Waals surface area contributed by atoms with Crippen LogP contribution in [0.5, 0.6) is 0 Å². The molecular weight excluding hydrogens is 378 g/mol. The molecule has 6 heteroatoms. The molecular formula is C24H29N3O3. The second kappa shape index (κ2) is 9.30. The molecule has 1 unspecified atom stereocenters. The molecule has 0 spiro atoms. The molecule has 2 aromatic carbocycles. The lowest BCUT2D eigenvalue weighted by Gasteiger charge is -2.32. The van der Waals surface area contributed by atoms with Gasteiger partial charge in [-0.3, -0.25) is 9.59 Å². The number of likely N-dealkylation sites (N-methyl/N-ethyl adjacent to an activating group) is 1. The number of hydrogen-bond donors (Lipinski definition) is 0. The van der Waals surface area contributed by atoms with E-state index in [2.05, 4.69) is 17.0 Å². The largest absolute Gasteiger partial charge is 0.378 e. The fourth-order valence-corrected chi connectivity index (χ4v) is 4.36. The molecule has 2 aliphatic rings. The van der Waals surface area contributed by atoms with Crippen molar-refractivity contribution in [3.63, 3.8) is 0 Å². The van der Waals surface area contributed by atoms with E-state index in [0.717, 1.165) is 44.0 Å². The lowest BCUT2D eigenvalue weighted by molar-refractivity contribution is -0.134. The highest BCUT2D eigenvalue weighted by Crippen LogP contribution is 2.25. The highest BCUT2D eigenvalue weighted by Gasteiger charge is 2.36. The van der Waals surface area contributed by atoms with Gasteiger partial charge in [0, 0.05) is 44.5 Å². The summed E-state index contributed by atoms with van der Waals surface area (Å²) in [5, 5.41) is 0. The molecule has 2 heterocycles. The SMILES string of the molecule is CN(Cc1ccccc1N1CCOCC1)C(=O)C1CCCN1C(=O)c1ccccc1. The van der Waals surface area contributed by atoms with Gasteiger partial charge in [-0.2, -0.15) is 0 Å². The molecule has 1 atom stereocenters. The van der Waals surface area contributed by atoms with Crippen LogP contribution in [-0.2, 0) is 16.1 Å². The van der Waals surface area contributed by atoms with E-state index >= 15 is 0 Å². The minimum atomic E-state index is -0.391. The third-order valence-electron chi connectivity index (χ3n) is 5.95. The number of hydrogen-bond acceptors (Lipinski definition) is 4. The van der Waals surface area contributed by atoms with Crippen LogP contribution in [0.15, 0.2) is 54.6 Å². The number of rotatable bonds is 5. The van der Waals surface area contributed by atoms with E-state index in [1.54, 1.807) is 9.80 Å². The molecule has 158 valence electrons. The minimum Gasteiger partial charge on any atom is -0.378 e. The van der Waals surface area contributed by atoms with Crippen LogP contribution in [0.25, 0.3) is 0 Å². The van der Waals surface area contributed by atoms with Gasteiger partial charge >= 0.3 is 0 Å². The Bertz CT molecular complexity index is 880. The van der Waals surface area contributed by atoms with Gasteiger partial charge < -0.3 is 19.4 Å². The first-order valence-electron chi connectivity index (χ1n) is 10.7. The number of nitrogens with zero attached hydrogens (tertiary/aromatic N) is 3. The number of ether oxygens (including phenoxy) is 1. The van der Waals surface area contributed by atoms with Gasteiger partial charge in [-0.25, -0.2) is 0 Å². The third-order valence-corrected chi connectivity index (χ3v) is 5.95. The van der Waals surface area contributed by atoms with Gasteiger partial charge in [0.15, 0.2) is 0 Å². The molecule has 6 nitrogen and oxygen atoms in total. The monoisotopic (exact) mass is 407 g/mol. The van der Waals surface area contributed by atoms with Crippen LogP contribution in [0.3, 0.4) is 0 Å². The first kappa shape index (κ1) is 20.4. The third kappa shape index (κ3) is 4.33. The molecule has 0 bridgehead atoms.